The Labute approximate surface area is 86.9 Å². The molecule has 0 aliphatic rings. The molecule has 15 heavy (non-hydrogen) atoms. The van der Waals surface area contributed by atoms with Crippen LogP contribution in [0.15, 0.2) is 30.3 Å². The van der Waals surface area contributed by atoms with Crippen LogP contribution in [0.25, 0.3) is 10.9 Å². The molecule has 0 aliphatic heterocycles. The van der Waals surface area contributed by atoms with E-state index in [1.54, 1.807) is 0 Å². The summed E-state index contributed by atoms with van der Waals surface area (Å²) in [5.74, 6) is -1.01. The number of para-hydroxylation sites is 1. The molecule has 2 rings (SSSR count). The molecular formula is C11H12N2O2. The van der Waals surface area contributed by atoms with Crippen molar-refractivity contribution < 1.29 is 9.90 Å². The normalized spacial score (nSPS) is 12.9. The lowest BCUT2D eigenvalue weighted by Gasteiger charge is -2.07. The molecule has 0 saturated heterocycles. The molecule has 0 bridgehead atoms. The van der Waals surface area contributed by atoms with Gasteiger partial charge in [-0.05, 0) is 17.5 Å². The zero-order valence-corrected chi connectivity index (χ0v) is 8.34. The summed E-state index contributed by atoms with van der Waals surface area (Å²) in [6.45, 7) is 0. The van der Waals surface area contributed by atoms with Crippen LogP contribution in [-0.4, -0.2) is 15.6 Å². The van der Waals surface area contributed by atoms with Gasteiger partial charge in [-0.2, -0.15) is 0 Å². The van der Waals surface area contributed by atoms with Crippen LogP contribution in [0, 0.1) is 0 Å². The fourth-order valence-corrected chi connectivity index (χ4v) is 1.74. The number of carbonyl (C=O) groups is 1. The van der Waals surface area contributed by atoms with Gasteiger partial charge in [-0.3, -0.25) is 4.79 Å². The third-order valence-electron chi connectivity index (χ3n) is 2.57. The van der Waals surface area contributed by atoms with Gasteiger partial charge in [-0.15, -0.1) is 0 Å². The zero-order valence-electron chi connectivity index (χ0n) is 8.34. The number of aliphatic carboxylic acids is 1. The number of hydrogen-bond acceptors (Lipinski definition) is 2. The van der Waals surface area contributed by atoms with Crippen LogP contribution in [0.3, 0.4) is 0 Å². The summed E-state index contributed by atoms with van der Waals surface area (Å²) in [6.07, 6.45) is 0. The van der Waals surface area contributed by atoms with E-state index in [4.69, 9.17) is 10.8 Å². The lowest BCUT2D eigenvalue weighted by Crippen LogP contribution is -2.22. The molecule has 1 atom stereocenters. The molecule has 4 nitrogen and oxygen atoms in total. The van der Waals surface area contributed by atoms with E-state index in [-0.39, 0.29) is 0 Å². The molecule has 0 aliphatic carbocycles. The van der Waals surface area contributed by atoms with E-state index in [2.05, 4.69) is 0 Å². The topological polar surface area (TPSA) is 68.2 Å². The Morgan fingerprint density at radius 1 is 1.47 bits per heavy atom. The van der Waals surface area contributed by atoms with E-state index in [0.29, 0.717) is 5.69 Å². The molecule has 0 spiro atoms. The lowest BCUT2D eigenvalue weighted by molar-refractivity contribution is -0.138. The summed E-state index contributed by atoms with van der Waals surface area (Å²) in [5.41, 5.74) is 7.19. The van der Waals surface area contributed by atoms with Gasteiger partial charge in [0.05, 0.1) is 0 Å². The van der Waals surface area contributed by atoms with Gasteiger partial charge >= 0.3 is 5.97 Å². The molecule has 78 valence electrons. The molecule has 0 saturated carbocycles. The van der Waals surface area contributed by atoms with Crippen molar-refractivity contribution in [2.24, 2.45) is 12.8 Å². The number of aromatic nitrogens is 1. The first-order valence-electron chi connectivity index (χ1n) is 4.64. The van der Waals surface area contributed by atoms with E-state index < -0.39 is 12.0 Å². The van der Waals surface area contributed by atoms with E-state index in [1.807, 2.05) is 41.9 Å². The predicted molar refractivity (Wildman–Crippen MR) is 57.5 cm³/mol. The second-order valence-electron chi connectivity index (χ2n) is 3.50. The number of nitrogens with zero attached hydrogens (tertiary/aromatic N) is 1. The first-order chi connectivity index (χ1) is 7.11. The van der Waals surface area contributed by atoms with Crippen LogP contribution < -0.4 is 5.73 Å². The lowest BCUT2D eigenvalue weighted by atomic mass is 10.2. The fraction of sp³-hybridized carbons (Fsp3) is 0.182. The molecule has 4 heteroatoms. The monoisotopic (exact) mass is 204 g/mol. The molecule has 3 N–H and O–H groups in total. The number of nitrogens with two attached hydrogens (primary N) is 1. The third-order valence-corrected chi connectivity index (χ3v) is 2.57. The number of carboxylic acids is 1. The number of fused-ring (bicyclic) bond motifs is 1. The van der Waals surface area contributed by atoms with Crippen molar-refractivity contribution in [2.75, 3.05) is 0 Å². The van der Waals surface area contributed by atoms with Crippen LogP contribution in [-0.2, 0) is 11.8 Å². The van der Waals surface area contributed by atoms with Gasteiger partial charge in [0, 0.05) is 18.3 Å². The highest BCUT2D eigenvalue weighted by molar-refractivity contribution is 5.84. The molecular weight excluding hydrogens is 192 g/mol. The molecule has 0 radical (unpaired) electrons. The molecule has 0 amide bonds. The highest BCUT2D eigenvalue weighted by Gasteiger charge is 2.18. The van der Waals surface area contributed by atoms with Gasteiger partial charge in [0.25, 0.3) is 0 Å². The van der Waals surface area contributed by atoms with Gasteiger partial charge < -0.3 is 15.4 Å². The van der Waals surface area contributed by atoms with Gasteiger partial charge in [-0.25, -0.2) is 0 Å². The minimum Gasteiger partial charge on any atom is -0.480 e. The summed E-state index contributed by atoms with van der Waals surface area (Å²) < 4.78 is 1.81. The molecule has 1 unspecified atom stereocenters. The standard InChI is InChI=1S/C11H12N2O2/c1-13-8-5-3-2-4-7(8)6-9(13)10(12)11(14)15/h2-6,10H,12H2,1H3,(H,14,15). The Morgan fingerprint density at radius 2 is 2.13 bits per heavy atom. The van der Waals surface area contributed by atoms with Crippen LogP contribution in [0.2, 0.25) is 0 Å². The van der Waals surface area contributed by atoms with Crippen LogP contribution in [0.5, 0.6) is 0 Å². The van der Waals surface area contributed by atoms with Gasteiger partial charge in [0.1, 0.15) is 6.04 Å². The molecule has 1 heterocycles. The maximum atomic E-state index is 10.8. The van der Waals surface area contributed by atoms with Gasteiger partial charge in [0.15, 0.2) is 0 Å². The largest absolute Gasteiger partial charge is 0.480 e. The molecule has 0 fully saturated rings. The second-order valence-corrected chi connectivity index (χ2v) is 3.50. The van der Waals surface area contributed by atoms with Crippen molar-refractivity contribution >= 4 is 16.9 Å². The smallest absolute Gasteiger partial charge is 0.326 e. The highest BCUT2D eigenvalue weighted by Crippen LogP contribution is 2.21. The number of hydrogen-bond donors (Lipinski definition) is 2. The summed E-state index contributed by atoms with van der Waals surface area (Å²) in [4.78, 5) is 10.8. The number of benzene rings is 1. The fourth-order valence-electron chi connectivity index (χ4n) is 1.74. The number of rotatable bonds is 2. The summed E-state index contributed by atoms with van der Waals surface area (Å²) in [5, 5.41) is 9.85. The average molecular weight is 204 g/mol. The minimum absolute atomic E-state index is 0.615. The average Bonchev–Trinajstić information content (AvgIpc) is 2.56. The van der Waals surface area contributed by atoms with Crippen molar-refractivity contribution in [1.82, 2.24) is 4.57 Å². The first-order valence-corrected chi connectivity index (χ1v) is 4.64. The summed E-state index contributed by atoms with van der Waals surface area (Å²) >= 11 is 0. The van der Waals surface area contributed by atoms with Crippen molar-refractivity contribution in [2.45, 2.75) is 6.04 Å². The SMILES string of the molecule is Cn1c(C(N)C(=O)O)cc2ccccc21. The van der Waals surface area contributed by atoms with Crippen molar-refractivity contribution in [3.05, 3.63) is 36.0 Å². The van der Waals surface area contributed by atoms with Crippen molar-refractivity contribution in [1.29, 1.82) is 0 Å². The van der Waals surface area contributed by atoms with E-state index in [9.17, 15) is 4.79 Å². The Balaban J connectivity index is 2.63. The summed E-state index contributed by atoms with van der Waals surface area (Å²) in [7, 11) is 1.82. The maximum Gasteiger partial charge on any atom is 0.326 e. The maximum absolute atomic E-state index is 10.8. The Bertz CT molecular complexity index is 516. The Hall–Kier alpha value is -1.81. The second kappa shape index (κ2) is 3.40. The zero-order chi connectivity index (χ0) is 11.0. The molecule has 1 aromatic carbocycles. The van der Waals surface area contributed by atoms with E-state index >= 15 is 0 Å². The van der Waals surface area contributed by atoms with Crippen LogP contribution in [0.1, 0.15) is 11.7 Å². The molecule has 2 aromatic rings. The van der Waals surface area contributed by atoms with E-state index in [1.165, 1.54) is 0 Å². The van der Waals surface area contributed by atoms with Crippen LogP contribution >= 0.6 is 0 Å². The first kappa shape index (κ1) is 9.73. The Morgan fingerprint density at radius 3 is 2.73 bits per heavy atom. The quantitative estimate of drug-likeness (QED) is 0.773. The minimum atomic E-state index is -1.01. The van der Waals surface area contributed by atoms with Crippen molar-refractivity contribution in [3.63, 3.8) is 0 Å². The third kappa shape index (κ3) is 1.49. The highest BCUT2D eigenvalue weighted by atomic mass is 16.4. The van der Waals surface area contributed by atoms with Crippen LogP contribution in [0.4, 0.5) is 0 Å². The molecule has 1 aromatic heterocycles. The number of carboxylic acid groups (broad SMARTS) is 1. The summed E-state index contributed by atoms with van der Waals surface area (Å²) in [6, 6.07) is 8.55. The van der Waals surface area contributed by atoms with E-state index in [0.717, 1.165) is 10.9 Å². The van der Waals surface area contributed by atoms with Gasteiger partial charge in [0.2, 0.25) is 0 Å². The van der Waals surface area contributed by atoms with Crippen molar-refractivity contribution in [3.8, 4) is 0 Å². The Kier molecular flexibility index (Phi) is 2.21. The predicted octanol–water partition coefficient (Wildman–Crippen LogP) is 1.26. The number of aryl methyl sites for hydroxylation is 1. The van der Waals surface area contributed by atoms with Gasteiger partial charge in [-0.1, -0.05) is 18.2 Å².